The van der Waals surface area contributed by atoms with Crippen molar-refractivity contribution in [3.8, 4) is 0 Å². The molecule has 0 aromatic heterocycles. The van der Waals surface area contributed by atoms with Gasteiger partial charge in [-0.25, -0.2) is 4.79 Å². The fraction of sp³-hybridized carbons (Fsp3) is 0.833. The van der Waals surface area contributed by atoms with Gasteiger partial charge in [0.25, 0.3) is 0 Å². The van der Waals surface area contributed by atoms with Gasteiger partial charge in [0, 0.05) is 0 Å². The van der Waals surface area contributed by atoms with E-state index in [0.29, 0.717) is 12.5 Å². The van der Waals surface area contributed by atoms with Crippen molar-refractivity contribution >= 4 is 6.47 Å². The van der Waals surface area contributed by atoms with Crippen LogP contribution in [-0.2, 0) is 9.63 Å². The number of hydrogen-bond acceptors (Lipinski definition) is 2. The molecule has 0 aliphatic rings. The molecule has 2 radical (unpaired) electrons. The minimum absolute atomic E-state index is 0.576. The first-order valence-corrected chi connectivity index (χ1v) is 2.97. The Balaban J connectivity index is 2.82. The Kier molecular flexibility index (Phi) is 5.21. The lowest BCUT2D eigenvalue weighted by atomic mass is 10.1. The quantitative estimate of drug-likeness (QED) is 0.403. The van der Waals surface area contributed by atoms with Crippen molar-refractivity contribution in [2.75, 3.05) is 6.54 Å². The van der Waals surface area contributed by atoms with E-state index in [-0.39, 0.29) is 0 Å². The molecule has 3 heteroatoms. The Morgan fingerprint density at radius 2 is 2.33 bits per heavy atom. The Labute approximate surface area is 55.3 Å². The summed E-state index contributed by atoms with van der Waals surface area (Å²) >= 11 is 0. The third-order valence-electron chi connectivity index (χ3n) is 0.900. The Bertz CT molecular complexity index is 73.5. The average molecular weight is 129 g/mol. The van der Waals surface area contributed by atoms with Crippen LogP contribution in [0, 0.1) is 5.92 Å². The number of rotatable bonds is 5. The molecular formula is C6H11NO2. The largest absolute Gasteiger partial charge is 0.439 e. The van der Waals surface area contributed by atoms with Crippen molar-refractivity contribution < 1.29 is 9.63 Å². The summed E-state index contributed by atoms with van der Waals surface area (Å²) in [6.07, 6.45) is 0.946. The minimum Gasteiger partial charge on any atom is -0.340 e. The third-order valence-corrected chi connectivity index (χ3v) is 0.900. The van der Waals surface area contributed by atoms with Crippen LogP contribution in [0.25, 0.3) is 0 Å². The van der Waals surface area contributed by atoms with Crippen LogP contribution in [0.1, 0.15) is 20.3 Å². The van der Waals surface area contributed by atoms with Gasteiger partial charge in [0.05, 0.1) is 6.54 Å². The predicted octanol–water partition coefficient (Wildman–Crippen LogP) is 0.636. The van der Waals surface area contributed by atoms with Crippen molar-refractivity contribution in [1.29, 1.82) is 0 Å². The molecule has 0 spiro atoms. The Morgan fingerprint density at radius 3 is 2.78 bits per heavy atom. The first kappa shape index (κ1) is 8.43. The van der Waals surface area contributed by atoms with Crippen molar-refractivity contribution in [3.63, 3.8) is 0 Å². The molecule has 0 fully saturated rings. The fourth-order valence-corrected chi connectivity index (χ4v) is 0.383. The van der Waals surface area contributed by atoms with E-state index in [1.54, 1.807) is 0 Å². The maximum atomic E-state index is 9.41. The van der Waals surface area contributed by atoms with Gasteiger partial charge in [-0.1, -0.05) is 13.8 Å². The molecule has 0 aromatic rings. The summed E-state index contributed by atoms with van der Waals surface area (Å²) in [5.74, 6) is 0.601. The van der Waals surface area contributed by atoms with Gasteiger partial charge in [0.15, 0.2) is 0 Å². The summed E-state index contributed by atoms with van der Waals surface area (Å²) < 4.78 is 0. The summed E-state index contributed by atoms with van der Waals surface area (Å²) in [6, 6.07) is 0. The molecule has 0 bridgehead atoms. The van der Waals surface area contributed by atoms with Crippen molar-refractivity contribution in [2.45, 2.75) is 20.3 Å². The van der Waals surface area contributed by atoms with Gasteiger partial charge in [-0.05, 0) is 17.8 Å². The highest BCUT2D eigenvalue weighted by Crippen LogP contribution is 1.96. The predicted molar refractivity (Wildman–Crippen MR) is 33.2 cm³/mol. The molecule has 0 rings (SSSR count). The van der Waals surface area contributed by atoms with Crippen LogP contribution in [0.3, 0.4) is 0 Å². The molecule has 0 aliphatic carbocycles. The lowest BCUT2D eigenvalue weighted by Crippen LogP contribution is -2.08. The standard InChI is InChI=1S/C6H11NO2/c1-6(2)3-4-7-9-5-8/h6H,3-4H2,1-2H3. The molecule has 0 aromatic carbocycles. The van der Waals surface area contributed by atoms with Gasteiger partial charge in [-0.2, -0.15) is 0 Å². The smallest absolute Gasteiger partial charge is 0.340 e. The lowest BCUT2D eigenvalue weighted by Gasteiger charge is -1.99. The molecule has 0 unspecified atom stereocenters. The van der Waals surface area contributed by atoms with E-state index in [0.717, 1.165) is 6.42 Å². The summed E-state index contributed by atoms with van der Waals surface area (Å²) in [7, 11) is 0. The average Bonchev–Trinajstić information content (AvgIpc) is 1.80. The van der Waals surface area contributed by atoms with Crippen molar-refractivity contribution in [2.24, 2.45) is 5.92 Å². The van der Waals surface area contributed by atoms with Crippen LogP contribution in [0.5, 0.6) is 0 Å². The maximum absolute atomic E-state index is 9.41. The molecule has 9 heavy (non-hydrogen) atoms. The van der Waals surface area contributed by atoms with Crippen LogP contribution in [-0.4, -0.2) is 13.0 Å². The van der Waals surface area contributed by atoms with E-state index in [4.69, 9.17) is 0 Å². The van der Waals surface area contributed by atoms with Crippen LogP contribution in [0.15, 0.2) is 0 Å². The molecule has 0 atom stereocenters. The van der Waals surface area contributed by atoms with Crippen LogP contribution in [0.4, 0.5) is 0 Å². The van der Waals surface area contributed by atoms with E-state index in [1.165, 1.54) is 6.47 Å². The van der Waals surface area contributed by atoms with Crippen molar-refractivity contribution in [1.82, 2.24) is 5.48 Å². The van der Waals surface area contributed by atoms with E-state index in [1.807, 2.05) is 0 Å². The van der Waals surface area contributed by atoms with E-state index in [2.05, 4.69) is 24.2 Å². The van der Waals surface area contributed by atoms with Gasteiger partial charge >= 0.3 is 6.47 Å². The first-order valence-electron chi connectivity index (χ1n) is 2.97. The maximum Gasteiger partial charge on any atom is 0.439 e. The van der Waals surface area contributed by atoms with Crippen molar-refractivity contribution in [3.05, 3.63) is 0 Å². The fourth-order valence-electron chi connectivity index (χ4n) is 0.383. The Hall–Kier alpha value is -0.570. The lowest BCUT2D eigenvalue weighted by molar-refractivity contribution is 0.154. The second kappa shape index (κ2) is 5.56. The third kappa shape index (κ3) is 7.43. The molecule has 0 N–H and O–H groups in total. The molecular weight excluding hydrogens is 118 g/mol. The first-order chi connectivity index (χ1) is 4.27. The van der Waals surface area contributed by atoms with Crippen LogP contribution >= 0.6 is 0 Å². The highest BCUT2D eigenvalue weighted by molar-refractivity contribution is 5.37. The second-order valence-electron chi connectivity index (χ2n) is 2.21. The van der Waals surface area contributed by atoms with E-state index < -0.39 is 0 Å². The molecule has 0 heterocycles. The second-order valence-corrected chi connectivity index (χ2v) is 2.21. The van der Waals surface area contributed by atoms with Gasteiger partial charge in [-0.15, -0.1) is 0 Å². The number of carbonyl (C=O) groups excluding carboxylic acids is 1. The highest BCUT2D eigenvalue weighted by atomic mass is 16.7. The van der Waals surface area contributed by atoms with E-state index >= 15 is 0 Å². The molecule has 0 saturated carbocycles. The minimum atomic E-state index is 0.576. The normalized spacial score (nSPS) is 9.67. The summed E-state index contributed by atoms with van der Waals surface area (Å²) in [5.41, 5.74) is 3.41. The number of nitrogens with zero attached hydrogens (tertiary/aromatic N) is 1. The van der Waals surface area contributed by atoms with Crippen LogP contribution in [0.2, 0.25) is 0 Å². The van der Waals surface area contributed by atoms with Gasteiger partial charge in [0.1, 0.15) is 0 Å². The summed E-state index contributed by atoms with van der Waals surface area (Å²) in [6.45, 7) is 5.97. The monoisotopic (exact) mass is 129 g/mol. The topological polar surface area (TPSA) is 40.4 Å². The zero-order valence-electron chi connectivity index (χ0n) is 5.76. The zero-order valence-corrected chi connectivity index (χ0v) is 5.76. The molecule has 3 nitrogen and oxygen atoms in total. The molecule has 0 saturated heterocycles. The molecule has 52 valence electrons. The van der Waals surface area contributed by atoms with E-state index in [9.17, 15) is 4.79 Å². The number of hydrogen-bond donors (Lipinski definition) is 0. The summed E-state index contributed by atoms with van der Waals surface area (Å²) in [5, 5.41) is 0. The van der Waals surface area contributed by atoms with Crippen LogP contribution < -0.4 is 5.48 Å². The van der Waals surface area contributed by atoms with Gasteiger partial charge in [-0.3, -0.25) is 0 Å². The zero-order chi connectivity index (χ0) is 7.11. The Morgan fingerprint density at radius 1 is 1.67 bits per heavy atom. The molecule has 0 aliphatic heterocycles. The molecule has 0 amide bonds. The highest BCUT2D eigenvalue weighted by Gasteiger charge is 1.93. The SMILES string of the molecule is CC(C)CC[N]O[C]=O. The van der Waals surface area contributed by atoms with Gasteiger partial charge < -0.3 is 4.84 Å². The summed E-state index contributed by atoms with van der Waals surface area (Å²) in [4.78, 5) is 13.4. The van der Waals surface area contributed by atoms with Gasteiger partial charge in [0.2, 0.25) is 0 Å². The number of hydroxylamine groups is 1.